The van der Waals surface area contributed by atoms with Crippen LogP contribution in [0.4, 0.5) is 5.69 Å². The molecule has 2 aromatic rings. The maximum atomic E-state index is 10.8. The summed E-state index contributed by atoms with van der Waals surface area (Å²) in [5.74, 6) is 0. The van der Waals surface area contributed by atoms with Gasteiger partial charge in [0.05, 0.1) is 4.92 Å². The third-order valence-electron chi connectivity index (χ3n) is 2.72. The van der Waals surface area contributed by atoms with E-state index >= 15 is 0 Å². The summed E-state index contributed by atoms with van der Waals surface area (Å²) in [4.78, 5) is 10.4. The first-order chi connectivity index (χ1) is 9.54. The maximum Gasteiger partial charge on any atom is 0.270 e. The molecule has 2 rings (SSSR count). The van der Waals surface area contributed by atoms with Crippen LogP contribution in [0.2, 0.25) is 5.02 Å². The van der Waals surface area contributed by atoms with Crippen LogP contribution in [0.1, 0.15) is 11.1 Å². The number of non-ortho nitro benzene ring substituents is 1. The second-order valence-electron chi connectivity index (χ2n) is 4.30. The van der Waals surface area contributed by atoms with Crippen LogP contribution in [0, 0.1) is 10.1 Å². The van der Waals surface area contributed by atoms with Gasteiger partial charge in [0.15, 0.2) is 0 Å². The molecule has 1 N–H and O–H groups in total. The van der Waals surface area contributed by atoms with Gasteiger partial charge < -0.3 is 5.32 Å². The number of hydrogen-bond acceptors (Lipinski definition) is 3. The number of nitro benzene ring substituents is 1. The highest BCUT2D eigenvalue weighted by molar-refractivity contribution is 9.10. The molecule has 0 aromatic heterocycles. The predicted octanol–water partition coefficient (Wildman–Crippen LogP) is 4.30. The highest BCUT2D eigenvalue weighted by Gasteiger charge is 2.08. The average Bonchev–Trinajstić information content (AvgIpc) is 2.40. The Hall–Kier alpha value is -1.43. The fraction of sp³-hybridized carbons (Fsp3) is 0.143. The molecule has 0 aliphatic carbocycles. The number of nitro groups is 1. The minimum atomic E-state index is -0.395. The minimum absolute atomic E-state index is 0.0858. The van der Waals surface area contributed by atoms with Crippen molar-refractivity contribution in [2.75, 3.05) is 0 Å². The minimum Gasteiger partial charge on any atom is -0.309 e. The van der Waals surface area contributed by atoms with Crippen molar-refractivity contribution in [3.05, 3.63) is 73.2 Å². The van der Waals surface area contributed by atoms with Gasteiger partial charge in [-0.2, -0.15) is 0 Å². The predicted molar refractivity (Wildman–Crippen MR) is 82.8 cm³/mol. The smallest absolute Gasteiger partial charge is 0.270 e. The summed E-state index contributed by atoms with van der Waals surface area (Å²) in [6.45, 7) is 1.24. The van der Waals surface area contributed by atoms with E-state index in [4.69, 9.17) is 11.6 Å². The highest BCUT2D eigenvalue weighted by Crippen LogP contribution is 2.21. The zero-order valence-electron chi connectivity index (χ0n) is 10.5. The Kier molecular flexibility index (Phi) is 5.11. The topological polar surface area (TPSA) is 55.2 Å². The summed E-state index contributed by atoms with van der Waals surface area (Å²) < 4.78 is 0.704. The van der Waals surface area contributed by atoms with E-state index in [-0.39, 0.29) is 5.69 Å². The van der Waals surface area contributed by atoms with Crippen LogP contribution >= 0.6 is 27.5 Å². The molecule has 4 nitrogen and oxygen atoms in total. The first kappa shape index (κ1) is 15.0. The summed E-state index contributed by atoms with van der Waals surface area (Å²) in [6.07, 6.45) is 0. The van der Waals surface area contributed by atoms with Gasteiger partial charge in [-0.05, 0) is 29.3 Å². The van der Waals surface area contributed by atoms with E-state index in [0.29, 0.717) is 22.6 Å². The Labute approximate surface area is 130 Å². The number of benzene rings is 2. The van der Waals surface area contributed by atoms with E-state index in [1.54, 1.807) is 6.07 Å². The Balaban J connectivity index is 1.97. The molecule has 0 amide bonds. The monoisotopic (exact) mass is 354 g/mol. The van der Waals surface area contributed by atoms with E-state index in [2.05, 4.69) is 21.2 Å². The molecule has 0 saturated heterocycles. The fourth-order valence-electron chi connectivity index (χ4n) is 1.79. The molecule has 0 radical (unpaired) electrons. The van der Waals surface area contributed by atoms with Crippen molar-refractivity contribution < 1.29 is 4.92 Å². The first-order valence-corrected chi connectivity index (χ1v) is 7.11. The van der Waals surface area contributed by atoms with Gasteiger partial charge in [-0.15, -0.1) is 0 Å². The van der Waals surface area contributed by atoms with Crippen LogP contribution in [-0.2, 0) is 13.1 Å². The van der Waals surface area contributed by atoms with Gasteiger partial charge in [-0.1, -0.05) is 39.7 Å². The Morgan fingerprint density at radius 2 is 1.75 bits per heavy atom. The Morgan fingerprint density at radius 3 is 2.40 bits per heavy atom. The highest BCUT2D eigenvalue weighted by atomic mass is 79.9. The van der Waals surface area contributed by atoms with Crippen molar-refractivity contribution in [3.63, 3.8) is 0 Å². The number of nitrogens with one attached hydrogen (secondary N) is 1. The van der Waals surface area contributed by atoms with Crippen molar-refractivity contribution in [1.82, 2.24) is 5.32 Å². The molecule has 0 atom stereocenters. The van der Waals surface area contributed by atoms with Crippen molar-refractivity contribution in [3.8, 4) is 0 Å². The van der Waals surface area contributed by atoms with Gasteiger partial charge in [-0.25, -0.2) is 0 Å². The average molecular weight is 356 g/mol. The van der Waals surface area contributed by atoms with E-state index in [1.807, 2.05) is 30.3 Å². The number of rotatable bonds is 5. The van der Waals surface area contributed by atoms with E-state index in [9.17, 15) is 10.1 Å². The summed E-state index contributed by atoms with van der Waals surface area (Å²) in [6, 6.07) is 12.5. The summed E-state index contributed by atoms with van der Waals surface area (Å²) in [7, 11) is 0. The molecular formula is C14H12BrClN2O2. The fourth-order valence-corrected chi connectivity index (χ4v) is 2.45. The van der Waals surface area contributed by atoms with Crippen molar-refractivity contribution in [2.24, 2.45) is 0 Å². The van der Waals surface area contributed by atoms with Gasteiger partial charge in [0.25, 0.3) is 5.69 Å². The molecule has 0 aliphatic rings. The van der Waals surface area contributed by atoms with Crippen molar-refractivity contribution >= 4 is 33.2 Å². The molecule has 0 spiro atoms. The maximum absolute atomic E-state index is 10.8. The molecule has 0 bridgehead atoms. The third-order valence-corrected chi connectivity index (χ3v) is 3.43. The lowest BCUT2D eigenvalue weighted by Crippen LogP contribution is -2.12. The van der Waals surface area contributed by atoms with Crippen LogP contribution in [0.5, 0.6) is 0 Å². The zero-order valence-corrected chi connectivity index (χ0v) is 12.8. The lowest BCUT2D eigenvalue weighted by molar-refractivity contribution is -0.385. The second kappa shape index (κ2) is 6.83. The molecule has 0 saturated carbocycles. The van der Waals surface area contributed by atoms with Gasteiger partial charge >= 0.3 is 0 Å². The third kappa shape index (κ3) is 4.30. The lowest BCUT2D eigenvalue weighted by Gasteiger charge is -2.06. The largest absolute Gasteiger partial charge is 0.309 e. The molecule has 6 heteroatoms. The van der Waals surface area contributed by atoms with Gasteiger partial charge in [0, 0.05) is 34.7 Å². The molecular weight excluding hydrogens is 344 g/mol. The second-order valence-corrected chi connectivity index (χ2v) is 5.66. The van der Waals surface area contributed by atoms with Crippen LogP contribution in [0.15, 0.2) is 46.9 Å². The Bertz CT molecular complexity index is 617. The standard InChI is InChI=1S/C14H12BrClN2O2/c15-12-5-11(6-14(7-12)18(19)20)9-17-8-10-1-3-13(16)4-2-10/h1-7,17H,8-9H2. The van der Waals surface area contributed by atoms with Gasteiger partial charge in [0.2, 0.25) is 0 Å². The number of hydrogen-bond donors (Lipinski definition) is 1. The van der Waals surface area contributed by atoms with Gasteiger partial charge in [0.1, 0.15) is 0 Å². The number of nitrogens with zero attached hydrogens (tertiary/aromatic N) is 1. The molecule has 2 aromatic carbocycles. The SMILES string of the molecule is O=[N+]([O-])c1cc(Br)cc(CNCc2ccc(Cl)cc2)c1. The molecule has 104 valence electrons. The van der Waals surface area contributed by atoms with E-state index in [1.165, 1.54) is 6.07 Å². The lowest BCUT2D eigenvalue weighted by atomic mass is 10.2. The molecule has 0 heterocycles. The van der Waals surface area contributed by atoms with Crippen LogP contribution < -0.4 is 5.32 Å². The van der Waals surface area contributed by atoms with E-state index < -0.39 is 4.92 Å². The van der Waals surface area contributed by atoms with Crippen LogP contribution in [0.25, 0.3) is 0 Å². The first-order valence-electron chi connectivity index (χ1n) is 5.93. The Morgan fingerprint density at radius 1 is 1.10 bits per heavy atom. The molecule has 20 heavy (non-hydrogen) atoms. The summed E-state index contributed by atoms with van der Waals surface area (Å²) in [5.41, 5.74) is 2.06. The van der Waals surface area contributed by atoms with E-state index in [0.717, 1.165) is 11.1 Å². The molecule has 0 fully saturated rings. The molecule has 0 aliphatic heterocycles. The number of halogens is 2. The zero-order chi connectivity index (χ0) is 14.5. The van der Waals surface area contributed by atoms with Crippen molar-refractivity contribution in [1.29, 1.82) is 0 Å². The summed E-state index contributed by atoms with van der Waals surface area (Å²) >= 11 is 9.10. The molecule has 0 unspecified atom stereocenters. The van der Waals surface area contributed by atoms with Crippen molar-refractivity contribution in [2.45, 2.75) is 13.1 Å². The quantitative estimate of drug-likeness (QED) is 0.642. The van der Waals surface area contributed by atoms with Crippen LogP contribution in [0.3, 0.4) is 0 Å². The van der Waals surface area contributed by atoms with Crippen LogP contribution in [-0.4, -0.2) is 4.92 Å². The summed E-state index contributed by atoms with van der Waals surface area (Å²) in [5, 5.41) is 14.7. The normalized spacial score (nSPS) is 10.5. The van der Waals surface area contributed by atoms with Gasteiger partial charge in [-0.3, -0.25) is 10.1 Å².